The van der Waals surface area contributed by atoms with Crippen LogP contribution in [0.15, 0.2) is 53.0 Å². The minimum absolute atomic E-state index is 0.252. The number of likely N-dealkylation sites (tertiary alicyclic amines) is 1. The highest BCUT2D eigenvalue weighted by molar-refractivity contribution is 9.10. The second kappa shape index (κ2) is 7.84. The molecule has 1 amide bonds. The van der Waals surface area contributed by atoms with Gasteiger partial charge in [0.25, 0.3) is 0 Å². The summed E-state index contributed by atoms with van der Waals surface area (Å²) >= 11 is 3.45. The van der Waals surface area contributed by atoms with E-state index < -0.39 is 0 Å². The number of hydrogen-bond acceptors (Lipinski definition) is 2. The molecule has 2 aromatic rings. The van der Waals surface area contributed by atoms with Gasteiger partial charge in [-0.1, -0.05) is 36.4 Å². The molecule has 3 nitrogen and oxygen atoms in total. The van der Waals surface area contributed by atoms with Gasteiger partial charge in [-0.3, -0.25) is 0 Å². The van der Waals surface area contributed by atoms with Gasteiger partial charge in [0.15, 0.2) is 0 Å². The highest BCUT2D eigenvalue weighted by Gasteiger charge is 2.24. The van der Waals surface area contributed by atoms with Crippen LogP contribution in [0.2, 0.25) is 0 Å². The Morgan fingerprint density at radius 1 is 1.17 bits per heavy atom. The minimum atomic E-state index is -0.252. The summed E-state index contributed by atoms with van der Waals surface area (Å²) in [4.78, 5) is 14.2. The highest BCUT2D eigenvalue weighted by atomic mass is 79.9. The summed E-state index contributed by atoms with van der Waals surface area (Å²) in [5.41, 5.74) is 2.51. The summed E-state index contributed by atoms with van der Waals surface area (Å²) in [7, 11) is 0. The second-order valence-electron chi connectivity index (χ2n) is 6.42. The Morgan fingerprint density at radius 2 is 1.88 bits per heavy atom. The zero-order valence-corrected chi connectivity index (χ0v) is 15.5. The first kappa shape index (κ1) is 17.0. The molecule has 1 heterocycles. The van der Waals surface area contributed by atoms with Crippen LogP contribution in [0.3, 0.4) is 0 Å². The van der Waals surface area contributed by atoms with Gasteiger partial charge in [-0.15, -0.1) is 0 Å². The number of piperidine rings is 1. The molecule has 1 fully saturated rings. The largest absolute Gasteiger partial charge is 0.415 e. The fourth-order valence-electron chi connectivity index (χ4n) is 3.11. The maximum Gasteiger partial charge on any atom is 0.415 e. The Kier molecular flexibility index (Phi) is 5.56. The Labute approximate surface area is 151 Å². The van der Waals surface area contributed by atoms with E-state index in [1.807, 2.05) is 36.1 Å². The van der Waals surface area contributed by atoms with Crippen LogP contribution in [0.1, 0.15) is 24.0 Å². The van der Waals surface area contributed by atoms with Crippen LogP contribution in [-0.2, 0) is 6.42 Å². The first-order valence-electron chi connectivity index (χ1n) is 8.38. The lowest BCUT2D eigenvalue weighted by Crippen LogP contribution is -2.40. The quantitative estimate of drug-likeness (QED) is 0.722. The number of amides is 1. The number of benzene rings is 2. The monoisotopic (exact) mass is 387 g/mol. The van der Waals surface area contributed by atoms with Gasteiger partial charge < -0.3 is 9.64 Å². The fraction of sp³-hybridized carbons (Fsp3) is 0.350. The molecule has 0 spiro atoms. The Balaban J connectivity index is 1.51. The second-order valence-corrected chi connectivity index (χ2v) is 7.28. The lowest BCUT2D eigenvalue weighted by Gasteiger charge is -2.31. The van der Waals surface area contributed by atoms with E-state index in [0.717, 1.165) is 42.4 Å². The van der Waals surface area contributed by atoms with Crippen molar-refractivity contribution in [3.8, 4) is 5.75 Å². The normalized spacial score (nSPS) is 15.3. The van der Waals surface area contributed by atoms with Crippen LogP contribution in [0, 0.1) is 12.8 Å². The summed E-state index contributed by atoms with van der Waals surface area (Å²) in [5.74, 6) is 1.22. The third kappa shape index (κ3) is 4.38. The van der Waals surface area contributed by atoms with Crippen molar-refractivity contribution in [3.05, 3.63) is 64.1 Å². The third-order valence-corrected chi connectivity index (χ3v) is 5.14. The SMILES string of the molecule is Cc1ccc(OC(=O)N2CCC(Cc3ccccc3)CC2)c(Br)c1. The molecular weight excluding hydrogens is 366 g/mol. The first-order chi connectivity index (χ1) is 11.6. The van der Waals surface area contributed by atoms with Gasteiger partial charge in [0.2, 0.25) is 0 Å². The summed E-state index contributed by atoms with van der Waals surface area (Å²) in [6.07, 6.45) is 2.89. The lowest BCUT2D eigenvalue weighted by molar-refractivity contribution is 0.130. The number of aryl methyl sites for hydroxylation is 1. The van der Waals surface area contributed by atoms with E-state index in [2.05, 4.69) is 40.2 Å². The molecule has 0 saturated carbocycles. The number of carbonyl (C=O) groups excluding carboxylic acids is 1. The van der Waals surface area contributed by atoms with Gasteiger partial charge in [0.05, 0.1) is 4.47 Å². The molecule has 0 unspecified atom stereocenters. The molecule has 4 heteroatoms. The van der Waals surface area contributed by atoms with Gasteiger partial charge in [-0.25, -0.2) is 4.79 Å². The molecule has 0 N–H and O–H groups in total. The Morgan fingerprint density at radius 3 is 2.54 bits per heavy atom. The number of hydrogen-bond donors (Lipinski definition) is 0. The number of carbonyl (C=O) groups is 1. The standard InChI is InChI=1S/C20H22BrNO2/c1-15-7-8-19(18(21)13-15)24-20(23)22-11-9-17(10-12-22)14-16-5-3-2-4-6-16/h2-8,13,17H,9-12,14H2,1H3. The van der Waals surface area contributed by atoms with Crippen molar-refractivity contribution in [1.82, 2.24) is 4.90 Å². The topological polar surface area (TPSA) is 29.5 Å². The minimum Gasteiger partial charge on any atom is -0.409 e. The average Bonchev–Trinajstić information content (AvgIpc) is 2.59. The number of ether oxygens (including phenoxy) is 1. The zero-order chi connectivity index (χ0) is 16.9. The van der Waals surface area contributed by atoms with Gasteiger partial charge in [-0.05, 0) is 71.3 Å². The van der Waals surface area contributed by atoms with Gasteiger partial charge >= 0.3 is 6.09 Å². The number of rotatable bonds is 3. The molecule has 0 aliphatic carbocycles. The molecule has 1 aliphatic heterocycles. The van der Waals surface area contributed by atoms with Crippen LogP contribution < -0.4 is 4.74 Å². The van der Waals surface area contributed by atoms with E-state index in [-0.39, 0.29) is 6.09 Å². The van der Waals surface area contributed by atoms with Gasteiger partial charge in [0.1, 0.15) is 5.75 Å². The molecule has 2 aromatic carbocycles. The van der Waals surface area contributed by atoms with E-state index >= 15 is 0 Å². The van der Waals surface area contributed by atoms with Crippen molar-refractivity contribution >= 4 is 22.0 Å². The summed E-state index contributed by atoms with van der Waals surface area (Å²) < 4.78 is 6.35. The molecule has 1 saturated heterocycles. The van der Waals surface area contributed by atoms with Crippen molar-refractivity contribution in [2.45, 2.75) is 26.2 Å². The predicted molar refractivity (Wildman–Crippen MR) is 99.3 cm³/mol. The molecule has 0 aromatic heterocycles. The smallest absolute Gasteiger partial charge is 0.409 e. The summed E-state index contributed by atoms with van der Waals surface area (Å²) in [6, 6.07) is 16.3. The van der Waals surface area contributed by atoms with Crippen molar-refractivity contribution < 1.29 is 9.53 Å². The number of nitrogens with zero attached hydrogens (tertiary/aromatic N) is 1. The first-order valence-corrected chi connectivity index (χ1v) is 9.18. The molecule has 1 aliphatic rings. The lowest BCUT2D eigenvalue weighted by atomic mass is 9.90. The predicted octanol–water partition coefficient (Wildman–Crippen LogP) is 5.21. The van der Waals surface area contributed by atoms with Crippen LogP contribution >= 0.6 is 15.9 Å². The van der Waals surface area contributed by atoms with Gasteiger partial charge in [0, 0.05) is 13.1 Å². The van der Waals surface area contributed by atoms with E-state index in [1.165, 1.54) is 5.56 Å². The van der Waals surface area contributed by atoms with Crippen molar-refractivity contribution in [2.75, 3.05) is 13.1 Å². The molecule has 3 rings (SSSR count). The maximum absolute atomic E-state index is 12.4. The van der Waals surface area contributed by atoms with Crippen molar-refractivity contribution in [3.63, 3.8) is 0 Å². The van der Waals surface area contributed by atoms with Crippen molar-refractivity contribution in [1.29, 1.82) is 0 Å². The maximum atomic E-state index is 12.4. The fourth-order valence-corrected chi connectivity index (χ4v) is 3.69. The average molecular weight is 388 g/mol. The zero-order valence-electron chi connectivity index (χ0n) is 13.9. The number of halogens is 1. The molecular formula is C20H22BrNO2. The molecule has 0 atom stereocenters. The Bertz CT molecular complexity index is 694. The Hall–Kier alpha value is -1.81. The van der Waals surface area contributed by atoms with E-state index in [4.69, 9.17) is 4.74 Å². The van der Waals surface area contributed by atoms with Gasteiger partial charge in [-0.2, -0.15) is 0 Å². The van der Waals surface area contributed by atoms with Crippen LogP contribution in [0.5, 0.6) is 5.75 Å². The molecule has 126 valence electrons. The third-order valence-electron chi connectivity index (χ3n) is 4.52. The highest BCUT2D eigenvalue weighted by Crippen LogP contribution is 2.27. The summed E-state index contributed by atoms with van der Waals surface area (Å²) in [5, 5.41) is 0. The van der Waals surface area contributed by atoms with Crippen molar-refractivity contribution in [2.24, 2.45) is 5.92 Å². The van der Waals surface area contributed by atoms with E-state index in [1.54, 1.807) is 0 Å². The van der Waals surface area contributed by atoms with E-state index in [0.29, 0.717) is 11.7 Å². The van der Waals surface area contributed by atoms with Crippen LogP contribution in [-0.4, -0.2) is 24.1 Å². The molecule has 24 heavy (non-hydrogen) atoms. The molecule has 0 bridgehead atoms. The summed E-state index contributed by atoms with van der Waals surface area (Å²) in [6.45, 7) is 3.54. The van der Waals surface area contributed by atoms with E-state index in [9.17, 15) is 4.79 Å². The van der Waals surface area contributed by atoms with Crippen LogP contribution in [0.4, 0.5) is 4.79 Å². The molecule has 0 radical (unpaired) electrons. The van der Waals surface area contributed by atoms with Crippen LogP contribution in [0.25, 0.3) is 0 Å².